The highest BCUT2D eigenvalue weighted by molar-refractivity contribution is 5.92. The Morgan fingerprint density at radius 1 is 1.22 bits per heavy atom. The third kappa shape index (κ3) is 5.18. The lowest BCUT2D eigenvalue weighted by Crippen LogP contribution is -2.35. The Labute approximate surface area is 103 Å². The second-order valence-electron chi connectivity index (χ2n) is 4.07. The summed E-state index contributed by atoms with van der Waals surface area (Å²) < 4.78 is 35.5. The van der Waals surface area contributed by atoms with Gasteiger partial charge >= 0.3 is 6.18 Å². The fraction of sp³-hybridized carbons (Fsp3) is 0.417. The fourth-order valence-electron chi connectivity index (χ4n) is 1.34. The first-order valence-corrected chi connectivity index (χ1v) is 5.42. The molecule has 1 aromatic rings. The highest BCUT2D eigenvalue weighted by Crippen LogP contribution is 2.14. The van der Waals surface area contributed by atoms with Crippen LogP contribution in [0.4, 0.5) is 18.9 Å². The van der Waals surface area contributed by atoms with Gasteiger partial charge in [-0.25, -0.2) is 0 Å². The zero-order valence-corrected chi connectivity index (χ0v) is 10.2. The summed E-state index contributed by atoms with van der Waals surface area (Å²) in [6.07, 6.45) is -4.30. The number of halogens is 3. The normalized spacial score (nSPS) is 11.4. The third-order valence-corrected chi connectivity index (χ3v) is 2.40. The van der Waals surface area contributed by atoms with E-state index >= 15 is 0 Å². The van der Waals surface area contributed by atoms with Crippen molar-refractivity contribution in [3.05, 3.63) is 29.3 Å². The lowest BCUT2D eigenvalue weighted by molar-refractivity contribution is -0.126. The number of hydrogen-bond donors (Lipinski definition) is 2. The molecule has 0 atom stereocenters. The average Bonchev–Trinajstić information content (AvgIpc) is 2.21. The van der Waals surface area contributed by atoms with E-state index in [0.29, 0.717) is 5.69 Å². The van der Waals surface area contributed by atoms with Gasteiger partial charge in [0.15, 0.2) is 0 Å². The Kier molecular flexibility index (Phi) is 4.72. The molecule has 100 valence electrons. The van der Waals surface area contributed by atoms with Crippen LogP contribution < -0.4 is 10.6 Å². The van der Waals surface area contributed by atoms with Crippen molar-refractivity contribution in [3.63, 3.8) is 0 Å². The molecule has 0 spiro atoms. The number of benzene rings is 1. The predicted octanol–water partition coefficient (Wildman–Crippen LogP) is 2.39. The van der Waals surface area contributed by atoms with Gasteiger partial charge < -0.3 is 10.6 Å². The standard InChI is InChI=1S/C12H15F3N2O/c1-8-3-4-10(5-9(8)2)17-11(18)6-16-7-12(13,14)15/h3-5,16H,6-7H2,1-2H3,(H,17,18). The molecule has 0 saturated carbocycles. The molecule has 18 heavy (non-hydrogen) atoms. The Hall–Kier alpha value is -1.56. The summed E-state index contributed by atoms with van der Waals surface area (Å²) in [6, 6.07) is 5.33. The van der Waals surface area contributed by atoms with E-state index in [1.54, 1.807) is 12.1 Å². The summed E-state index contributed by atoms with van der Waals surface area (Å²) in [5.74, 6) is -0.498. The SMILES string of the molecule is Cc1ccc(NC(=O)CNCC(F)(F)F)cc1C. The number of hydrogen-bond acceptors (Lipinski definition) is 2. The van der Waals surface area contributed by atoms with Crippen LogP contribution >= 0.6 is 0 Å². The molecule has 6 heteroatoms. The van der Waals surface area contributed by atoms with E-state index in [4.69, 9.17) is 0 Å². The van der Waals surface area contributed by atoms with Gasteiger partial charge in [-0.15, -0.1) is 0 Å². The molecule has 0 aromatic heterocycles. The summed E-state index contributed by atoms with van der Waals surface area (Å²) in [7, 11) is 0. The molecule has 1 amide bonds. The van der Waals surface area contributed by atoms with Crippen molar-refractivity contribution in [2.75, 3.05) is 18.4 Å². The van der Waals surface area contributed by atoms with Crippen molar-refractivity contribution in [1.82, 2.24) is 5.32 Å². The first kappa shape index (κ1) is 14.5. The number of rotatable bonds is 4. The van der Waals surface area contributed by atoms with E-state index in [2.05, 4.69) is 5.32 Å². The van der Waals surface area contributed by atoms with Gasteiger partial charge in [0.25, 0.3) is 0 Å². The monoisotopic (exact) mass is 260 g/mol. The Balaban J connectivity index is 2.42. The third-order valence-electron chi connectivity index (χ3n) is 2.40. The molecule has 2 N–H and O–H groups in total. The smallest absolute Gasteiger partial charge is 0.325 e. The molecule has 1 rings (SSSR count). The highest BCUT2D eigenvalue weighted by Gasteiger charge is 2.26. The second kappa shape index (κ2) is 5.86. The predicted molar refractivity (Wildman–Crippen MR) is 63.5 cm³/mol. The van der Waals surface area contributed by atoms with Crippen molar-refractivity contribution in [2.24, 2.45) is 0 Å². The molecule has 0 heterocycles. The number of carbonyl (C=O) groups excluding carboxylic acids is 1. The minimum absolute atomic E-state index is 0.369. The first-order valence-electron chi connectivity index (χ1n) is 5.42. The number of carbonyl (C=O) groups is 1. The molecule has 0 radical (unpaired) electrons. The van der Waals surface area contributed by atoms with Crippen molar-refractivity contribution in [1.29, 1.82) is 0 Å². The van der Waals surface area contributed by atoms with Crippen molar-refractivity contribution in [2.45, 2.75) is 20.0 Å². The van der Waals surface area contributed by atoms with E-state index in [1.165, 1.54) is 0 Å². The van der Waals surface area contributed by atoms with Crippen LogP contribution in [0.5, 0.6) is 0 Å². The molecule has 0 aliphatic carbocycles. The van der Waals surface area contributed by atoms with Crippen LogP contribution in [-0.4, -0.2) is 25.2 Å². The topological polar surface area (TPSA) is 41.1 Å². The number of anilines is 1. The van der Waals surface area contributed by atoms with Crippen LogP contribution in [0, 0.1) is 13.8 Å². The van der Waals surface area contributed by atoms with Crippen LogP contribution in [0.25, 0.3) is 0 Å². The van der Waals surface area contributed by atoms with Crippen LogP contribution in [0.15, 0.2) is 18.2 Å². The zero-order valence-electron chi connectivity index (χ0n) is 10.2. The molecule has 0 unspecified atom stereocenters. The molecular weight excluding hydrogens is 245 g/mol. The van der Waals surface area contributed by atoms with Gasteiger partial charge in [-0.05, 0) is 37.1 Å². The Morgan fingerprint density at radius 3 is 2.44 bits per heavy atom. The minimum atomic E-state index is -4.30. The maximum Gasteiger partial charge on any atom is 0.401 e. The molecule has 0 fully saturated rings. The summed E-state index contributed by atoms with van der Waals surface area (Å²) >= 11 is 0. The minimum Gasteiger partial charge on any atom is -0.325 e. The van der Waals surface area contributed by atoms with E-state index < -0.39 is 18.6 Å². The Morgan fingerprint density at radius 2 is 1.89 bits per heavy atom. The largest absolute Gasteiger partial charge is 0.401 e. The molecule has 0 bridgehead atoms. The summed E-state index contributed by atoms with van der Waals surface area (Å²) in [4.78, 5) is 11.4. The van der Waals surface area contributed by atoms with Gasteiger partial charge in [0.1, 0.15) is 0 Å². The number of amides is 1. The van der Waals surface area contributed by atoms with Gasteiger partial charge in [-0.3, -0.25) is 4.79 Å². The number of nitrogens with one attached hydrogen (secondary N) is 2. The van der Waals surface area contributed by atoms with Crippen LogP contribution in [-0.2, 0) is 4.79 Å². The Bertz CT molecular complexity index is 430. The summed E-state index contributed by atoms with van der Waals surface area (Å²) in [5.41, 5.74) is 2.68. The zero-order chi connectivity index (χ0) is 13.8. The lowest BCUT2D eigenvalue weighted by atomic mass is 10.1. The maximum atomic E-state index is 11.8. The van der Waals surface area contributed by atoms with Crippen LogP contribution in [0.1, 0.15) is 11.1 Å². The van der Waals surface area contributed by atoms with Crippen molar-refractivity contribution < 1.29 is 18.0 Å². The fourth-order valence-corrected chi connectivity index (χ4v) is 1.34. The van der Waals surface area contributed by atoms with E-state index in [1.807, 2.05) is 25.2 Å². The number of alkyl halides is 3. The first-order chi connectivity index (χ1) is 8.28. The van der Waals surface area contributed by atoms with Crippen LogP contribution in [0.3, 0.4) is 0 Å². The summed E-state index contributed by atoms with van der Waals surface area (Å²) in [6.45, 7) is 2.29. The van der Waals surface area contributed by atoms with Gasteiger partial charge in [0, 0.05) is 5.69 Å². The van der Waals surface area contributed by atoms with E-state index in [0.717, 1.165) is 11.1 Å². The quantitative estimate of drug-likeness (QED) is 0.872. The van der Waals surface area contributed by atoms with E-state index in [9.17, 15) is 18.0 Å². The van der Waals surface area contributed by atoms with Gasteiger partial charge in [-0.2, -0.15) is 13.2 Å². The number of aryl methyl sites for hydroxylation is 2. The van der Waals surface area contributed by atoms with Gasteiger partial charge in [0.2, 0.25) is 5.91 Å². The molecule has 1 aromatic carbocycles. The maximum absolute atomic E-state index is 11.8. The van der Waals surface area contributed by atoms with Crippen molar-refractivity contribution in [3.8, 4) is 0 Å². The molecule has 0 aliphatic heterocycles. The molecule has 3 nitrogen and oxygen atoms in total. The van der Waals surface area contributed by atoms with E-state index in [-0.39, 0.29) is 6.54 Å². The highest BCUT2D eigenvalue weighted by atomic mass is 19.4. The van der Waals surface area contributed by atoms with Crippen LogP contribution in [0.2, 0.25) is 0 Å². The van der Waals surface area contributed by atoms with Gasteiger partial charge in [0.05, 0.1) is 13.1 Å². The van der Waals surface area contributed by atoms with Crippen molar-refractivity contribution >= 4 is 11.6 Å². The summed E-state index contributed by atoms with van der Waals surface area (Å²) in [5, 5.41) is 4.56. The second-order valence-corrected chi connectivity index (χ2v) is 4.07. The molecular formula is C12H15F3N2O. The lowest BCUT2D eigenvalue weighted by Gasteiger charge is -2.09. The molecule has 0 saturated heterocycles. The average molecular weight is 260 g/mol. The molecule has 0 aliphatic rings. The van der Waals surface area contributed by atoms with Gasteiger partial charge in [-0.1, -0.05) is 6.07 Å².